The van der Waals surface area contributed by atoms with Crippen molar-refractivity contribution in [1.29, 1.82) is 0 Å². The molecule has 2 atom stereocenters. The molecule has 0 spiro atoms. The quantitative estimate of drug-likeness (QED) is 0.468. The highest BCUT2D eigenvalue weighted by Gasteiger charge is 2.22. The second-order valence-electron chi connectivity index (χ2n) is 6.97. The highest BCUT2D eigenvalue weighted by atomic mass is 16.5. The molecule has 0 amide bonds. The summed E-state index contributed by atoms with van der Waals surface area (Å²) >= 11 is 0. The lowest BCUT2D eigenvalue weighted by Crippen LogP contribution is -2.26. The summed E-state index contributed by atoms with van der Waals surface area (Å²) in [5, 5.41) is 29.1. The Morgan fingerprint density at radius 1 is 1.14 bits per heavy atom. The molecule has 0 bridgehead atoms. The van der Waals surface area contributed by atoms with Crippen molar-refractivity contribution < 1.29 is 29.4 Å². The molecule has 7 nitrogen and oxygen atoms in total. The molecule has 1 heterocycles. The number of methoxy groups -OCH3 is 1. The van der Waals surface area contributed by atoms with Gasteiger partial charge >= 0.3 is 7.12 Å². The first-order valence-electron chi connectivity index (χ1n) is 9.83. The van der Waals surface area contributed by atoms with Crippen LogP contribution in [0.5, 0.6) is 11.5 Å². The van der Waals surface area contributed by atoms with Gasteiger partial charge in [0.15, 0.2) is 11.5 Å². The molecule has 8 heteroatoms. The van der Waals surface area contributed by atoms with Crippen LogP contribution in [0.25, 0.3) is 11.1 Å². The van der Waals surface area contributed by atoms with Gasteiger partial charge < -0.3 is 29.4 Å². The molecule has 158 valence electrons. The zero-order valence-electron chi connectivity index (χ0n) is 17.2. The Labute approximate surface area is 172 Å². The van der Waals surface area contributed by atoms with E-state index in [0.717, 1.165) is 23.1 Å². The van der Waals surface area contributed by atoms with Crippen molar-refractivity contribution in [2.45, 2.75) is 38.6 Å². The molecule has 2 aromatic rings. The van der Waals surface area contributed by atoms with Gasteiger partial charge in [0.2, 0.25) is 0 Å². The first kappa shape index (κ1) is 23.2. The van der Waals surface area contributed by atoms with Crippen LogP contribution in [0.4, 0.5) is 0 Å². The van der Waals surface area contributed by atoms with Gasteiger partial charge in [-0.2, -0.15) is 0 Å². The molecular weight excluding hydrogens is 373 g/mol. The fourth-order valence-corrected chi connectivity index (χ4v) is 2.90. The Morgan fingerprint density at radius 2 is 1.93 bits per heavy atom. The van der Waals surface area contributed by atoms with Gasteiger partial charge in [-0.25, -0.2) is 0 Å². The van der Waals surface area contributed by atoms with Crippen LogP contribution in [0.15, 0.2) is 36.7 Å². The second kappa shape index (κ2) is 11.8. The van der Waals surface area contributed by atoms with E-state index in [2.05, 4.69) is 4.98 Å². The van der Waals surface area contributed by atoms with E-state index in [4.69, 9.17) is 14.1 Å². The first-order valence-corrected chi connectivity index (χ1v) is 9.83. The van der Waals surface area contributed by atoms with E-state index in [0.29, 0.717) is 18.1 Å². The summed E-state index contributed by atoms with van der Waals surface area (Å²) in [4.78, 5) is 4.30. The molecule has 0 aliphatic heterocycles. The smallest absolute Gasteiger partial charge is 0.454 e. The normalized spacial score (nSPS) is 13.0. The average molecular weight is 403 g/mol. The SMILES string of the molecule is CCCOc1cc(-c2cncc([C@@H](CO)CB(O)OCC(C)O)c2)ccc1OC. The third kappa shape index (κ3) is 7.01. The van der Waals surface area contributed by atoms with Crippen molar-refractivity contribution in [2.75, 3.05) is 26.9 Å². The van der Waals surface area contributed by atoms with E-state index in [1.165, 1.54) is 0 Å². The predicted octanol–water partition coefficient (Wildman–Crippen LogP) is 2.50. The molecule has 0 radical (unpaired) electrons. The third-order valence-corrected chi connectivity index (χ3v) is 4.43. The monoisotopic (exact) mass is 403 g/mol. The highest BCUT2D eigenvalue weighted by molar-refractivity contribution is 6.43. The molecule has 0 saturated carbocycles. The van der Waals surface area contributed by atoms with Gasteiger partial charge in [0.05, 0.1) is 26.4 Å². The average Bonchev–Trinajstić information content (AvgIpc) is 2.74. The van der Waals surface area contributed by atoms with E-state index in [-0.39, 0.29) is 25.5 Å². The maximum absolute atomic E-state index is 10.0. The minimum absolute atomic E-state index is 0.0317. The Bertz CT molecular complexity index is 758. The fourth-order valence-electron chi connectivity index (χ4n) is 2.90. The van der Waals surface area contributed by atoms with Gasteiger partial charge in [-0.15, -0.1) is 0 Å². The van der Waals surface area contributed by atoms with Crippen LogP contribution in [0.1, 0.15) is 31.7 Å². The van der Waals surface area contributed by atoms with E-state index in [1.807, 2.05) is 31.2 Å². The van der Waals surface area contributed by atoms with Crippen LogP contribution < -0.4 is 9.47 Å². The maximum atomic E-state index is 10.0. The van der Waals surface area contributed by atoms with E-state index >= 15 is 0 Å². The van der Waals surface area contributed by atoms with Crippen LogP contribution in [-0.2, 0) is 4.65 Å². The summed E-state index contributed by atoms with van der Waals surface area (Å²) in [5.41, 5.74) is 2.56. The topological polar surface area (TPSA) is 101 Å². The fraction of sp³-hybridized carbons (Fsp3) is 0.476. The standard InChI is InChI=1S/C21H30BNO6/c1-4-7-28-21-9-16(5-6-20(21)27-3)17-8-18(12-23-11-17)19(13-24)10-22(26)29-14-15(2)25/h5-6,8-9,11-12,15,19,24-26H,4,7,10,13-14H2,1-3H3/t15?,19-/m1/s1. The number of pyridine rings is 1. The molecule has 1 unspecified atom stereocenters. The summed E-state index contributed by atoms with van der Waals surface area (Å²) in [6.07, 6.45) is 3.83. The summed E-state index contributed by atoms with van der Waals surface area (Å²) in [6.45, 7) is 4.09. The largest absolute Gasteiger partial charge is 0.493 e. The highest BCUT2D eigenvalue weighted by Crippen LogP contribution is 2.33. The maximum Gasteiger partial charge on any atom is 0.454 e. The number of aliphatic hydroxyl groups excluding tert-OH is 2. The molecule has 0 fully saturated rings. The Morgan fingerprint density at radius 3 is 2.59 bits per heavy atom. The first-order chi connectivity index (χ1) is 14.0. The molecule has 3 N–H and O–H groups in total. The lowest BCUT2D eigenvalue weighted by atomic mass is 9.75. The molecule has 2 rings (SSSR count). The van der Waals surface area contributed by atoms with Gasteiger partial charge in [-0.1, -0.05) is 13.0 Å². The Hall–Kier alpha value is -2.13. The van der Waals surface area contributed by atoms with Gasteiger partial charge in [-0.05, 0) is 49.0 Å². The van der Waals surface area contributed by atoms with Crippen molar-refractivity contribution in [3.63, 3.8) is 0 Å². The number of aliphatic hydroxyl groups is 2. The summed E-state index contributed by atoms with van der Waals surface area (Å²) in [7, 11) is 0.521. The molecule has 1 aromatic carbocycles. The van der Waals surface area contributed by atoms with Crippen LogP contribution in [-0.4, -0.2) is 60.4 Å². The van der Waals surface area contributed by atoms with Gasteiger partial charge in [0.1, 0.15) is 0 Å². The summed E-state index contributed by atoms with van der Waals surface area (Å²) in [6, 6.07) is 7.61. The number of benzene rings is 1. The molecule has 29 heavy (non-hydrogen) atoms. The van der Waals surface area contributed by atoms with E-state index in [9.17, 15) is 15.2 Å². The number of hydrogen-bond acceptors (Lipinski definition) is 7. The van der Waals surface area contributed by atoms with Crippen molar-refractivity contribution in [3.05, 3.63) is 42.2 Å². The molecule has 1 aromatic heterocycles. The number of hydrogen-bond donors (Lipinski definition) is 3. The zero-order chi connectivity index (χ0) is 21.2. The van der Waals surface area contributed by atoms with Gasteiger partial charge in [0, 0.05) is 30.5 Å². The molecule has 0 aliphatic rings. The van der Waals surface area contributed by atoms with Crippen LogP contribution in [0, 0.1) is 0 Å². The Balaban J connectivity index is 2.21. The summed E-state index contributed by atoms with van der Waals surface area (Å²) < 4.78 is 16.3. The number of nitrogens with zero attached hydrogens (tertiary/aromatic N) is 1. The second-order valence-corrected chi connectivity index (χ2v) is 6.97. The minimum Gasteiger partial charge on any atom is -0.493 e. The molecule has 0 saturated heterocycles. The van der Waals surface area contributed by atoms with Gasteiger partial charge in [0.25, 0.3) is 0 Å². The predicted molar refractivity (Wildman–Crippen MR) is 112 cm³/mol. The molecule has 0 aliphatic carbocycles. The van der Waals surface area contributed by atoms with Crippen LogP contribution >= 0.6 is 0 Å². The zero-order valence-corrected chi connectivity index (χ0v) is 17.2. The van der Waals surface area contributed by atoms with Crippen LogP contribution in [0.2, 0.25) is 6.32 Å². The third-order valence-electron chi connectivity index (χ3n) is 4.43. The van der Waals surface area contributed by atoms with Crippen LogP contribution in [0.3, 0.4) is 0 Å². The van der Waals surface area contributed by atoms with E-state index in [1.54, 1.807) is 26.4 Å². The summed E-state index contributed by atoms with van der Waals surface area (Å²) in [5.74, 6) is 0.983. The lowest BCUT2D eigenvalue weighted by molar-refractivity contribution is 0.108. The van der Waals surface area contributed by atoms with Crippen molar-refractivity contribution in [2.24, 2.45) is 0 Å². The number of ether oxygens (including phenoxy) is 2. The minimum atomic E-state index is -1.08. The lowest BCUT2D eigenvalue weighted by Gasteiger charge is -2.18. The van der Waals surface area contributed by atoms with Crippen molar-refractivity contribution in [3.8, 4) is 22.6 Å². The number of aromatic nitrogens is 1. The number of rotatable bonds is 12. The van der Waals surface area contributed by atoms with Gasteiger partial charge in [-0.3, -0.25) is 4.98 Å². The molecular formula is C21H30BNO6. The Kier molecular flexibility index (Phi) is 9.40. The van der Waals surface area contributed by atoms with E-state index < -0.39 is 13.2 Å². The van der Waals surface area contributed by atoms with Crippen molar-refractivity contribution in [1.82, 2.24) is 4.98 Å². The van der Waals surface area contributed by atoms with Crippen molar-refractivity contribution >= 4 is 7.12 Å².